The van der Waals surface area contributed by atoms with Gasteiger partial charge in [0.2, 0.25) is 5.13 Å². The summed E-state index contributed by atoms with van der Waals surface area (Å²) in [4.78, 5) is 10.5. The molecule has 4 aromatic rings. The molecule has 4 nitrogen and oxygen atoms in total. The van der Waals surface area contributed by atoms with Crippen molar-refractivity contribution in [2.75, 3.05) is 14.2 Å². The van der Waals surface area contributed by atoms with Gasteiger partial charge in [-0.25, -0.2) is 9.98 Å². The molecule has 1 aromatic heterocycles. The minimum Gasteiger partial charge on any atom is -0.497 e. The van der Waals surface area contributed by atoms with Gasteiger partial charge in [0.15, 0.2) is 0 Å². The molecule has 144 valence electrons. The number of ether oxygens (including phenoxy) is 2. The molecule has 0 saturated carbocycles. The second kappa shape index (κ2) is 8.71. The van der Waals surface area contributed by atoms with E-state index in [0.29, 0.717) is 5.13 Å². The van der Waals surface area contributed by atoms with Crippen molar-refractivity contribution < 1.29 is 9.47 Å². The van der Waals surface area contributed by atoms with Crippen LogP contribution in [0.25, 0.3) is 21.7 Å². The summed E-state index contributed by atoms with van der Waals surface area (Å²) < 4.78 is 10.7. The second-order valence-corrected chi connectivity index (χ2v) is 7.25. The van der Waals surface area contributed by atoms with Crippen LogP contribution in [0.1, 0.15) is 5.56 Å². The van der Waals surface area contributed by atoms with Crippen molar-refractivity contribution in [3.8, 4) is 33.2 Å². The highest BCUT2D eigenvalue weighted by molar-refractivity contribution is 7.19. The molecule has 0 bridgehead atoms. The fourth-order valence-electron chi connectivity index (χ4n) is 2.99. The number of rotatable bonds is 6. The maximum atomic E-state index is 5.40. The highest BCUT2D eigenvalue weighted by Crippen LogP contribution is 2.40. The van der Waals surface area contributed by atoms with Gasteiger partial charge in [-0.05, 0) is 42.0 Å². The van der Waals surface area contributed by atoms with Gasteiger partial charge in [-0.15, -0.1) is 0 Å². The Balaban J connectivity index is 1.76. The Labute approximate surface area is 174 Å². The van der Waals surface area contributed by atoms with Crippen molar-refractivity contribution in [2.45, 2.75) is 0 Å². The standard InChI is InChI=1S/C24H20N2O2S/c1-27-20-14-12-17(13-15-20)22-23(18-8-4-3-5-9-18)29-24(26-22)25-16-19-10-6-7-11-21(19)28-2/h3-16H,1-2H3. The normalized spacial score (nSPS) is 11.0. The van der Waals surface area contributed by atoms with Gasteiger partial charge in [-0.3, -0.25) is 0 Å². The lowest BCUT2D eigenvalue weighted by molar-refractivity contribution is 0.414. The van der Waals surface area contributed by atoms with E-state index in [2.05, 4.69) is 17.1 Å². The second-order valence-electron chi connectivity index (χ2n) is 6.27. The lowest BCUT2D eigenvalue weighted by Crippen LogP contribution is -1.89. The molecule has 0 amide bonds. The number of aliphatic imine (C=N–C) groups is 1. The molecule has 0 N–H and O–H groups in total. The van der Waals surface area contributed by atoms with Gasteiger partial charge in [-0.1, -0.05) is 53.8 Å². The fourth-order valence-corrected chi connectivity index (χ4v) is 3.93. The van der Waals surface area contributed by atoms with Gasteiger partial charge < -0.3 is 9.47 Å². The smallest absolute Gasteiger partial charge is 0.210 e. The van der Waals surface area contributed by atoms with E-state index >= 15 is 0 Å². The van der Waals surface area contributed by atoms with Crippen LogP contribution in [0.3, 0.4) is 0 Å². The van der Waals surface area contributed by atoms with Crippen LogP contribution in [0, 0.1) is 0 Å². The molecule has 29 heavy (non-hydrogen) atoms. The molecule has 0 unspecified atom stereocenters. The SMILES string of the molecule is COc1ccc(-c2nc(N=Cc3ccccc3OC)sc2-c2ccccc2)cc1. The lowest BCUT2D eigenvalue weighted by Gasteiger charge is -2.04. The minimum atomic E-state index is 0.695. The van der Waals surface area contributed by atoms with E-state index in [4.69, 9.17) is 14.5 Å². The Hall–Kier alpha value is -3.44. The van der Waals surface area contributed by atoms with E-state index in [1.54, 1.807) is 31.8 Å². The number of hydrogen-bond donors (Lipinski definition) is 0. The molecule has 0 aliphatic heterocycles. The van der Waals surface area contributed by atoms with E-state index in [0.717, 1.165) is 38.8 Å². The summed E-state index contributed by atoms with van der Waals surface area (Å²) in [6, 6.07) is 26.0. The van der Waals surface area contributed by atoms with Crippen LogP contribution in [0.5, 0.6) is 11.5 Å². The first-order valence-electron chi connectivity index (χ1n) is 9.16. The molecule has 3 aromatic carbocycles. The first-order chi connectivity index (χ1) is 14.3. The van der Waals surface area contributed by atoms with Crippen LogP contribution in [0.2, 0.25) is 0 Å². The van der Waals surface area contributed by atoms with Gasteiger partial charge in [-0.2, -0.15) is 0 Å². The zero-order chi connectivity index (χ0) is 20.1. The maximum Gasteiger partial charge on any atom is 0.210 e. The first-order valence-corrected chi connectivity index (χ1v) is 9.98. The summed E-state index contributed by atoms with van der Waals surface area (Å²) in [5.41, 5.74) is 3.97. The van der Waals surface area contributed by atoms with Gasteiger partial charge in [0, 0.05) is 17.3 Å². The summed E-state index contributed by atoms with van der Waals surface area (Å²) in [6.07, 6.45) is 1.80. The molecule has 0 atom stereocenters. The highest BCUT2D eigenvalue weighted by atomic mass is 32.1. The molecular weight excluding hydrogens is 380 g/mol. The van der Waals surface area contributed by atoms with Crippen LogP contribution in [0.15, 0.2) is 83.9 Å². The maximum absolute atomic E-state index is 5.40. The van der Waals surface area contributed by atoms with Crippen molar-refractivity contribution in [3.05, 3.63) is 84.4 Å². The number of thiazole rings is 1. The number of methoxy groups -OCH3 is 2. The average Bonchev–Trinajstić information content (AvgIpc) is 3.23. The minimum absolute atomic E-state index is 0.695. The monoisotopic (exact) mass is 400 g/mol. The Morgan fingerprint density at radius 1 is 0.793 bits per heavy atom. The molecule has 5 heteroatoms. The van der Waals surface area contributed by atoms with E-state index in [1.165, 1.54) is 0 Å². The van der Waals surface area contributed by atoms with Gasteiger partial charge >= 0.3 is 0 Å². The third-order valence-corrected chi connectivity index (χ3v) is 5.48. The predicted molar refractivity (Wildman–Crippen MR) is 120 cm³/mol. The van der Waals surface area contributed by atoms with Crippen molar-refractivity contribution in [1.82, 2.24) is 4.98 Å². The van der Waals surface area contributed by atoms with Crippen LogP contribution >= 0.6 is 11.3 Å². The van der Waals surface area contributed by atoms with E-state index in [1.807, 2.05) is 66.7 Å². The molecule has 1 heterocycles. The highest BCUT2D eigenvalue weighted by Gasteiger charge is 2.15. The Kier molecular flexibility index (Phi) is 5.68. The Morgan fingerprint density at radius 3 is 2.24 bits per heavy atom. The van der Waals surface area contributed by atoms with Crippen LogP contribution in [0.4, 0.5) is 5.13 Å². The molecule has 0 fully saturated rings. The average molecular weight is 401 g/mol. The fraction of sp³-hybridized carbons (Fsp3) is 0.0833. The Morgan fingerprint density at radius 2 is 1.52 bits per heavy atom. The third kappa shape index (κ3) is 4.20. The largest absolute Gasteiger partial charge is 0.497 e. The molecular formula is C24H20N2O2S. The van der Waals surface area contributed by atoms with Gasteiger partial charge in [0.1, 0.15) is 11.5 Å². The Bertz CT molecular complexity index is 1120. The van der Waals surface area contributed by atoms with Crippen LogP contribution < -0.4 is 9.47 Å². The third-order valence-electron chi connectivity index (χ3n) is 4.47. The predicted octanol–water partition coefficient (Wildman–Crippen LogP) is 6.24. The molecule has 0 spiro atoms. The van der Waals surface area contributed by atoms with Crippen molar-refractivity contribution in [2.24, 2.45) is 4.99 Å². The summed E-state index contributed by atoms with van der Waals surface area (Å²) in [5.74, 6) is 1.60. The summed E-state index contributed by atoms with van der Waals surface area (Å²) >= 11 is 1.57. The van der Waals surface area contributed by atoms with Gasteiger partial charge in [0.25, 0.3) is 0 Å². The van der Waals surface area contributed by atoms with E-state index < -0.39 is 0 Å². The molecule has 4 rings (SSSR count). The molecule has 0 radical (unpaired) electrons. The number of benzene rings is 3. The number of aromatic nitrogens is 1. The zero-order valence-electron chi connectivity index (χ0n) is 16.2. The van der Waals surface area contributed by atoms with Crippen LogP contribution in [-0.2, 0) is 0 Å². The molecule has 0 aliphatic rings. The summed E-state index contributed by atoms with van der Waals surface area (Å²) in [5, 5.41) is 0.695. The van der Waals surface area contributed by atoms with Crippen molar-refractivity contribution in [3.63, 3.8) is 0 Å². The quantitative estimate of drug-likeness (QED) is 0.360. The van der Waals surface area contributed by atoms with Crippen molar-refractivity contribution >= 4 is 22.7 Å². The van der Waals surface area contributed by atoms with Crippen molar-refractivity contribution in [1.29, 1.82) is 0 Å². The lowest BCUT2D eigenvalue weighted by atomic mass is 10.1. The topological polar surface area (TPSA) is 43.7 Å². The van der Waals surface area contributed by atoms with Crippen LogP contribution in [-0.4, -0.2) is 25.4 Å². The number of para-hydroxylation sites is 1. The van der Waals surface area contributed by atoms with E-state index in [-0.39, 0.29) is 0 Å². The number of nitrogens with zero attached hydrogens (tertiary/aromatic N) is 2. The molecule has 0 saturated heterocycles. The summed E-state index contributed by atoms with van der Waals surface area (Å²) in [6.45, 7) is 0. The zero-order valence-corrected chi connectivity index (χ0v) is 17.0. The van der Waals surface area contributed by atoms with E-state index in [9.17, 15) is 0 Å². The number of hydrogen-bond acceptors (Lipinski definition) is 5. The summed E-state index contributed by atoms with van der Waals surface area (Å²) in [7, 11) is 3.32. The first kappa shape index (κ1) is 18.9. The van der Waals surface area contributed by atoms with Gasteiger partial charge in [0.05, 0.1) is 24.8 Å². The molecule has 0 aliphatic carbocycles.